The maximum absolute atomic E-state index is 12.4. The zero-order valence-electron chi connectivity index (χ0n) is 13.8. The van der Waals surface area contributed by atoms with Crippen molar-refractivity contribution >= 4 is 35.1 Å². The van der Waals surface area contributed by atoms with Crippen LogP contribution in [0.15, 0.2) is 48.5 Å². The number of nitrogens with zero attached hydrogens (tertiary/aromatic N) is 1. The van der Waals surface area contributed by atoms with Crippen LogP contribution in [0.3, 0.4) is 0 Å². The maximum atomic E-state index is 12.4. The number of nitrogens with one attached hydrogen (secondary N) is 1. The van der Waals surface area contributed by atoms with E-state index in [1.165, 1.54) is 36.4 Å². The number of carboxylic acids is 1. The standard InChI is InChI=1S/C19H16N2O5/c22-16-6-3-7-17(23)21(16)13-10-8-12(9-11-13)18(24)20-15-5-2-1-4-14(15)19(25)26/h1-2,4-5,8-11H,3,6-7H2,(H,20,24)(H,25,26). The molecular weight excluding hydrogens is 336 g/mol. The molecule has 1 aliphatic heterocycles. The zero-order chi connectivity index (χ0) is 18.7. The van der Waals surface area contributed by atoms with Gasteiger partial charge in [-0.3, -0.25) is 19.3 Å². The molecule has 0 atom stereocenters. The van der Waals surface area contributed by atoms with Crippen molar-refractivity contribution in [2.24, 2.45) is 0 Å². The fourth-order valence-corrected chi connectivity index (χ4v) is 2.78. The number of imide groups is 1. The Morgan fingerprint density at radius 3 is 2.15 bits per heavy atom. The lowest BCUT2D eigenvalue weighted by Gasteiger charge is -2.24. The van der Waals surface area contributed by atoms with Gasteiger partial charge in [-0.2, -0.15) is 0 Å². The van der Waals surface area contributed by atoms with Gasteiger partial charge in [-0.05, 0) is 42.8 Å². The number of rotatable bonds is 4. The molecule has 2 aromatic carbocycles. The van der Waals surface area contributed by atoms with Crippen LogP contribution < -0.4 is 10.2 Å². The summed E-state index contributed by atoms with van der Waals surface area (Å²) in [5.41, 5.74) is 0.880. The monoisotopic (exact) mass is 352 g/mol. The molecule has 7 heteroatoms. The average Bonchev–Trinajstić information content (AvgIpc) is 2.62. The number of para-hydroxylation sites is 1. The van der Waals surface area contributed by atoms with Crippen LogP contribution in [0, 0.1) is 0 Å². The molecule has 1 fully saturated rings. The molecule has 132 valence electrons. The molecule has 0 unspecified atom stereocenters. The predicted octanol–water partition coefficient (Wildman–Crippen LogP) is 2.68. The van der Waals surface area contributed by atoms with Gasteiger partial charge in [0.25, 0.3) is 5.91 Å². The summed E-state index contributed by atoms with van der Waals surface area (Å²) in [4.78, 5) is 48.6. The highest BCUT2D eigenvalue weighted by Gasteiger charge is 2.27. The maximum Gasteiger partial charge on any atom is 0.337 e. The number of anilines is 2. The lowest BCUT2D eigenvalue weighted by Crippen LogP contribution is -2.40. The lowest BCUT2D eigenvalue weighted by molar-refractivity contribution is -0.129. The predicted molar refractivity (Wildman–Crippen MR) is 94.1 cm³/mol. The Balaban J connectivity index is 1.79. The first kappa shape index (κ1) is 17.3. The van der Waals surface area contributed by atoms with Crippen molar-refractivity contribution in [3.63, 3.8) is 0 Å². The quantitative estimate of drug-likeness (QED) is 0.823. The highest BCUT2D eigenvalue weighted by atomic mass is 16.4. The number of carbonyl (C=O) groups excluding carboxylic acids is 3. The number of hydrogen-bond donors (Lipinski definition) is 2. The normalized spacial score (nSPS) is 14.2. The minimum Gasteiger partial charge on any atom is -0.478 e. The smallest absolute Gasteiger partial charge is 0.337 e. The molecule has 0 aromatic heterocycles. The summed E-state index contributed by atoms with van der Waals surface area (Å²) in [6.45, 7) is 0. The van der Waals surface area contributed by atoms with Crippen molar-refractivity contribution in [1.29, 1.82) is 0 Å². The van der Waals surface area contributed by atoms with E-state index < -0.39 is 11.9 Å². The van der Waals surface area contributed by atoms with Crippen molar-refractivity contribution in [1.82, 2.24) is 0 Å². The largest absolute Gasteiger partial charge is 0.478 e. The minimum atomic E-state index is -1.14. The van der Waals surface area contributed by atoms with Gasteiger partial charge in [-0.1, -0.05) is 12.1 Å². The first-order chi connectivity index (χ1) is 12.5. The van der Waals surface area contributed by atoms with Crippen LogP contribution in [-0.4, -0.2) is 28.8 Å². The second kappa shape index (κ2) is 7.18. The molecule has 0 aliphatic carbocycles. The van der Waals surface area contributed by atoms with E-state index in [1.54, 1.807) is 12.1 Å². The topological polar surface area (TPSA) is 104 Å². The Kier molecular flexibility index (Phi) is 4.79. The van der Waals surface area contributed by atoms with Gasteiger partial charge in [0.1, 0.15) is 0 Å². The Hall–Kier alpha value is -3.48. The molecular formula is C19H16N2O5. The van der Waals surface area contributed by atoms with Crippen LogP contribution >= 0.6 is 0 Å². The summed E-state index contributed by atoms with van der Waals surface area (Å²) < 4.78 is 0. The third-order valence-corrected chi connectivity index (χ3v) is 4.07. The molecule has 0 saturated carbocycles. The van der Waals surface area contributed by atoms with Gasteiger partial charge in [0.05, 0.1) is 16.9 Å². The average molecular weight is 352 g/mol. The number of carboxylic acid groups (broad SMARTS) is 1. The molecule has 1 saturated heterocycles. The summed E-state index contributed by atoms with van der Waals surface area (Å²) in [5.74, 6) is -2.14. The second-order valence-electron chi connectivity index (χ2n) is 5.83. The highest BCUT2D eigenvalue weighted by molar-refractivity contribution is 6.16. The molecule has 0 spiro atoms. The van der Waals surface area contributed by atoms with Crippen LogP contribution in [0.2, 0.25) is 0 Å². The summed E-state index contributed by atoms with van der Waals surface area (Å²) in [6, 6.07) is 12.1. The molecule has 1 heterocycles. The molecule has 3 amide bonds. The van der Waals surface area contributed by atoms with Gasteiger partial charge in [-0.15, -0.1) is 0 Å². The van der Waals surface area contributed by atoms with Crippen molar-refractivity contribution in [3.8, 4) is 0 Å². The van der Waals surface area contributed by atoms with Crippen LogP contribution in [0.1, 0.15) is 40.0 Å². The molecule has 1 aliphatic rings. The van der Waals surface area contributed by atoms with Crippen molar-refractivity contribution < 1.29 is 24.3 Å². The van der Waals surface area contributed by atoms with Crippen molar-refractivity contribution in [2.45, 2.75) is 19.3 Å². The van der Waals surface area contributed by atoms with E-state index in [4.69, 9.17) is 5.11 Å². The SMILES string of the molecule is O=C(Nc1ccccc1C(=O)O)c1ccc(N2C(=O)CCCC2=O)cc1. The summed E-state index contributed by atoms with van der Waals surface area (Å²) in [5, 5.41) is 11.7. The van der Waals surface area contributed by atoms with E-state index in [9.17, 15) is 19.2 Å². The van der Waals surface area contributed by atoms with E-state index in [-0.39, 0.29) is 28.6 Å². The van der Waals surface area contributed by atoms with E-state index in [0.29, 0.717) is 24.9 Å². The van der Waals surface area contributed by atoms with Gasteiger partial charge in [0, 0.05) is 18.4 Å². The van der Waals surface area contributed by atoms with Gasteiger partial charge in [0.15, 0.2) is 0 Å². The van der Waals surface area contributed by atoms with Crippen LogP contribution in [0.5, 0.6) is 0 Å². The minimum absolute atomic E-state index is 0.0121. The number of amides is 3. The third-order valence-electron chi connectivity index (χ3n) is 4.07. The van der Waals surface area contributed by atoms with E-state index >= 15 is 0 Å². The third kappa shape index (κ3) is 3.46. The Bertz CT molecular complexity index is 873. The summed E-state index contributed by atoms with van der Waals surface area (Å²) in [6.07, 6.45) is 1.19. The molecule has 0 bridgehead atoms. The number of aromatic carboxylic acids is 1. The van der Waals surface area contributed by atoms with E-state index in [1.807, 2.05) is 0 Å². The van der Waals surface area contributed by atoms with Crippen LogP contribution in [0.4, 0.5) is 11.4 Å². The molecule has 7 nitrogen and oxygen atoms in total. The van der Waals surface area contributed by atoms with Crippen LogP contribution in [0.25, 0.3) is 0 Å². The zero-order valence-corrected chi connectivity index (χ0v) is 13.8. The van der Waals surface area contributed by atoms with Crippen molar-refractivity contribution in [3.05, 3.63) is 59.7 Å². The summed E-state index contributed by atoms with van der Waals surface area (Å²) >= 11 is 0. The fraction of sp³-hybridized carbons (Fsp3) is 0.158. The van der Waals surface area contributed by atoms with E-state index in [2.05, 4.69) is 5.32 Å². The fourth-order valence-electron chi connectivity index (χ4n) is 2.78. The molecule has 2 N–H and O–H groups in total. The Morgan fingerprint density at radius 2 is 1.54 bits per heavy atom. The first-order valence-electron chi connectivity index (χ1n) is 8.07. The van der Waals surface area contributed by atoms with Gasteiger partial charge in [-0.25, -0.2) is 4.79 Å². The second-order valence-corrected chi connectivity index (χ2v) is 5.83. The van der Waals surface area contributed by atoms with Gasteiger partial charge < -0.3 is 10.4 Å². The van der Waals surface area contributed by atoms with Crippen molar-refractivity contribution in [2.75, 3.05) is 10.2 Å². The Labute approximate surface area is 149 Å². The highest BCUT2D eigenvalue weighted by Crippen LogP contribution is 2.23. The van der Waals surface area contributed by atoms with E-state index in [0.717, 1.165) is 4.90 Å². The van der Waals surface area contributed by atoms with Gasteiger partial charge >= 0.3 is 5.97 Å². The Morgan fingerprint density at radius 1 is 0.923 bits per heavy atom. The summed E-state index contributed by atoms with van der Waals surface area (Å²) in [7, 11) is 0. The van der Waals surface area contributed by atoms with Crippen LogP contribution in [-0.2, 0) is 9.59 Å². The molecule has 26 heavy (non-hydrogen) atoms. The molecule has 3 rings (SSSR count). The first-order valence-corrected chi connectivity index (χ1v) is 8.07. The number of carbonyl (C=O) groups is 4. The molecule has 2 aromatic rings. The number of benzene rings is 2. The molecule has 0 radical (unpaired) electrons. The number of piperidine rings is 1. The number of hydrogen-bond acceptors (Lipinski definition) is 4. The van der Waals surface area contributed by atoms with Gasteiger partial charge in [0.2, 0.25) is 11.8 Å². The lowest BCUT2D eigenvalue weighted by atomic mass is 10.1.